The lowest BCUT2D eigenvalue weighted by molar-refractivity contribution is -0.142. The Bertz CT molecular complexity index is 1010. The van der Waals surface area contributed by atoms with Crippen molar-refractivity contribution in [2.24, 2.45) is 0 Å². The van der Waals surface area contributed by atoms with Crippen LogP contribution in [0.25, 0.3) is 0 Å². The molecule has 1 aliphatic rings. The predicted molar refractivity (Wildman–Crippen MR) is 142 cm³/mol. The molecule has 1 unspecified atom stereocenters. The van der Waals surface area contributed by atoms with E-state index in [0.717, 1.165) is 31.2 Å². The number of rotatable bonds is 8. The lowest BCUT2D eigenvalue weighted by atomic mass is 9.86. The molecule has 1 saturated carbocycles. The van der Waals surface area contributed by atoms with Crippen molar-refractivity contribution in [2.45, 2.75) is 83.8 Å². The van der Waals surface area contributed by atoms with Crippen molar-refractivity contribution < 1.29 is 14.3 Å². The first-order valence-electron chi connectivity index (χ1n) is 12.3. The lowest BCUT2D eigenvalue weighted by Gasteiger charge is -2.32. The molecule has 2 amide bonds. The van der Waals surface area contributed by atoms with Gasteiger partial charge in [-0.1, -0.05) is 87.5 Å². The van der Waals surface area contributed by atoms with E-state index < -0.39 is 6.04 Å². The van der Waals surface area contributed by atoms with Gasteiger partial charge < -0.3 is 15.0 Å². The third-order valence-corrected chi connectivity index (χ3v) is 7.26. The highest BCUT2D eigenvalue weighted by Crippen LogP contribution is 2.31. The number of hydrogen-bond donors (Lipinski definition) is 1. The van der Waals surface area contributed by atoms with E-state index in [4.69, 9.17) is 27.9 Å². The Morgan fingerprint density at radius 1 is 1.03 bits per heavy atom. The van der Waals surface area contributed by atoms with Gasteiger partial charge in [0, 0.05) is 28.2 Å². The summed E-state index contributed by atoms with van der Waals surface area (Å²) in [7, 11) is 0. The molecule has 2 aromatic rings. The van der Waals surface area contributed by atoms with Crippen LogP contribution in [0.1, 0.15) is 70.9 Å². The van der Waals surface area contributed by atoms with Crippen LogP contribution in [0.3, 0.4) is 0 Å². The largest absolute Gasteiger partial charge is 0.483 e. The van der Waals surface area contributed by atoms with E-state index in [9.17, 15) is 9.59 Å². The first kappa shape index (κ1) is 27.3. The van der Waals surface area contributed by atoms with Crippen molar-refractivity contribution in [1.29, 1.82) is 0 Å². The first-order valence-corrected chi connectivity index (χ1v) is 13.1. The van der Waals surface area contributed by atoms with Crippen LogP contribution in [-0.2, 0) is 21.5 Å². The van der Waals surface area contributed by atoms with Gasteiger partial charge in [-0.25, -0.2) is 0 Å². The maximum atomic E-state index is 13.5. The molecule has 0 heterocycles. The minimum absolute atomic E-state index is 0.112. The zero-order valence-corrected chi connectivity index (χ0v) is 22.6. The van der Waals surface area contributed by atoms with Crippen LogP contribution in [-0.4, -0.2) is 35.4 Å². The molecule has 1 atom stereocenters. The fourth-order valence-corrected chi connectivity index (χ4v) is 4.96. The Balaban J connectivity index is 1.80. The normalized spacial score (nSPS) is 15.4. The van der Waals surface area contributed by atoms with Crippen LogP contribution >= 0.6 is 23.2 Å². The molecule has 35 heavy (non-hydrogen) atoms. The van der Waals surface area contributed by atoms with Gasteiger partial charge in [0.2, 0.25) is 5.91 Å². The number of carbonyl (C=O) groups excluding carboxylic acids is 2. The molecule has 0 aliphatic heterocycles. The first-order chi connectivity index (χ1) is 16.6. The second kappa shape index (κ2) is 12.1. The highest BCUT2D eigenvalue weighted by Gasteiger charge is 2.30. The number of halogens is 2. The lowest BCUT2D eigenvalue weighted by Crippen LogP contribution is -2.51. The molecule has 0 spiro atoms. The Kier molecular flexibility index (Phi) is 9.48. The van der Waals surface area contributed by atoms with Gasteiger partial charge in [-0.05, 0) is 48.9 Å². The van der Waals surface area contributed by atoms with Gasteiger partial charge in [-0.2, -0.15) is 0 Å². The molecule has 1 aliphatic carbocycles. The summed E-state index contributed by atoms with van der Waals surface area (Å²) in [5.74, 6) is 0.169. The molecule has 1 N–H and O–H groups in total. The summed E-state index contributed by atoms with van der Waals surface area (Å²) in [6.45, 7) is 7.95. The summed E-state index contributed by atoms with van der Waals surface area (Å²) < 4.78 is 6.00. The van der Waals surface area contributed by atoms with E-state index in [2.05, 4.69) is 26.1 Å². The number of nitrogens with one attached hydrogen (secondary N) is 1. The Hall–Kier alpha value is -2.24. The molecule has 190 valence electrons. The second-order valence-corrected chi connectivity index (χ2v) is 11.1. The fourth-order valence-electron chi connectivity index (χ4n) is 4.44. The molecule has 1 fully saturated rings. The third-order valence-electron chi connectivity index (χ3n) is 6.56. The van der Waals surface area contributed by atoms with Gasteiger partial charge in [-0.3, -0.25) is 9.59 Å². The van der Waals surface area contributed by atoms with Crippen molar-refractivity contribution in [3.63, 3.8) is 0 Å². The quantitative estimate of drug-likeness (QED) is 0.431. The fraction of sp³-hybridized carbons (Fsp3) is 0.500. The monoisotopic (exact) mass is 518 g/mol. The van der Waals surface area contributed by atoms with Gasteiger partial charge in [0.05, 0.1) is 0 Å². The van der Waals surface area contributed by atoms with Crippen molar-refractivity contribution in [2.75, 3.05) is 6.61 Å². The summed E-state index contributed by atoms with van der Waals surface area (Å²) in [6.07, 6.45) is 5.35. The van der Waals surface area contributed by atoms with Gasteiger partial charge in [0.25, 0.3) is 5.91 Å². The van der Waals surface area contributed by atoms with Crippen molar-refractivity contribution in [1.82, 2.24) is 10.2 Å². The molecule has 0 bridgehead atoms. The highest BCUT2D eigenvalue weighted by molar-refractivity contribution is 6.36. The van der Waals surface area contributed by atoms with Crippen LogP contribution in [0.5, 0.6) is 5.75 Å². The zero-order chi connectivity index (χ0) is 25.6. The molecule has 0 saturated heterocycles. The van der Waals surface area contributed by atoms with Crippen LogP contribution in [0, 0.1) is 0 Å². The Labute approximate surface area is 219 Å². The number of amides is 2. The van der Waals surface area contributed by atoms with Crippen molar-refractivity contribution in [3.8, 4) is 5.75 Å². The molecular weight excluding hydrogens is 483 g/mol. The number of benzene rings is 2. The minimum atomic E-state index is -0.710. The number of carbonyl (C=O) groups is 2. The van der Waals surface area contributed by atoms with Crippen LogP contribution in [0.15, 0.2) is 42.5 Å². The smallest absolute Gasteiger partial charge is 0.261 e. The standard InChI is InChI=1S/C28H36Cl2N2O3/c1-19(27(34)31-20-11-6-5-7-12-20)32(17-21-23(29)14-10-15-24(21)30)26(33)18-35-25-16-9-8-13-22(25)28(2,3)4/h8-10,13-16,19-20H,5-7,11-12,17-18H2,1-4H3,(H,31,34). The van der Waals surface area contributed by atoms with Crippen LogP contribution < -0.4 is 10.1 Å². The molecule has 2 aromatic carbocycles. The van der Waals surface area contributed by atoms with E-state index in [-0.39, 0.29) is 36.4 Å². The Morgan fingerprint density at radius 2 is 1.66 bits per heavy atom. The maximum Gasteiger partial charge on any atom is 0.261 e. The average Bonchev–Trinajstić information content (AvgIpc) is 2.82. The van der Waals surface area contributed by atoms with E-state index in [1.807, 2.05) is 24.3 Å². The van der Waals surface area contributed by atoms with E-state index >= 15 is 0 Å². The maximum absolute atomic E-state index is 13.5. The highest BCUT2D eigenvalue weighted by atomic mass is 35.5. The molecular formula is C28H36Cl2N2O3. The average molecular weight is 520 g/mol. The molecule has 0 radical (unpaired) electrons. The van der Waals surface area contributed by atoms with Crippen LogP contribution in [0.4, 0.5) is 0 Å². The number of para-hydroxylation sites is 1. The SMILES string of the molecule is CC(C(=O)NC1CCCCC1)N(Cc1c(Cl)cccc1Cl)C(=O)COc1ccccc1C(C)(C)C. The molecule has 7 heteroatoms. The van der Waals surface area contributed by atoms with Gasteiger partial charge in [0.1, 0.15) is 11.8 Å². The van der Waals surface area contributed by atoms with E-state index in [1.54, 1.807) is 25.1 Å². The number of hydrogen-bond acceptors (Lipinski definition) is 3. The van der Waals surface area contributed by atoms with Crippen molar-refractivity contribution in [3.05, 3.63) is 63.6 Å². The summed E-state index contributed by atoms with van der Waals surface area (Å²) in [5.41, 5.74) is 1.48. The molecule has 3 rings (SSSR count). The number of ether oxygens (including phenoxy) is 1. The third kappa shape index (κ3) is 7.37. The summed E-state index contributed by atoms with van der Waals surface area (Å²) in [5, 5.41) is 4.04. The van der Waals surface area contributed by atoms with Crippen molar-refractivity contribution >= 4 is 35.0 Å². The summed E-state index contributed by atoms with van der Waals surface area (Å²) >= 11 is 12.8. The summed E-state index contributed by atoms with van der Waals surface area (Å²) in [4.78, 5) is 28.1. The molecule has 0 aromatic heterocycles. The van der Waals surface area contributed by atoms with Gasteiger partial charge in [-0.15, -0.1) is 0 Å². The van der Waals surface area contributed by atoms with E-state index in [1.165, 1.54) is 11.3 Å². The zero-order valence-electron chi connectivity index (χ0n) is 21.1. The van der Waals surface area contributed by atoms with Gasteiger partial charge >= 0.3 is 0 Å². The number of nitrogens with zero attached hydrogens (tertiary/aromatic N) is 1. The predicted octanol–water partition coefficient (Wildman–Crippen LogP) is 6.54. The Morgan fingerprint density at radius 3 is 2.29 bits per heavy atom. The van der Waals surface area contributed by atoms with E-state index in [0.29, 0.717) is 21.4 Å². The topological polar surface area (TPSA) is 58.6 Å². The minimum Gasteiger partial charge on any atom is -0.483 e. The summed E-state index contributed by atoms with van der Waals surface area (Å²) in [6, 6.07) is 12.4. The second-order valence-electron chi connectivity index (χ2n) is 10.3. The molecule has 5 nitrogen and oxygen atoms in total. The van der Waals surface area contributed by atoms with Crippen LogP contribution in [0.2, 0.25) is 10.0 Å². The van der Waals surface area contributed by atoms with Gasteiger partial charge in [0.15, 0.2) is 6.61 Å².